The van der Waals surface area contributed by atoms with Crippen molar-refractivity contribution in [3.63, 3.8) is 0 Å². The second-order valence-electron chi connectivity index (χ2n) is 3.83. The molecule has 88 valence electrons. The standard InChI is InChI=1S/C13H13NO3/c1-3-10-11(15)14-12(17-13(10)16)9-6-4-8(2)5-7-9/h4-7,15H,3H2,1-2H3. The summed E-state index contributed by atoms with van der Waals surface area (Å²) >= 11 is 0. The molecule has 2 aromatic rings. The lowest BCUT2D eigenvalue weighted by molar-refractivity contribution is 0.411. The molecule has 1 N–H and O–H groups in total. The van der Waals surface area contributed by atoms with Gasteiger partial charge in [-0.15, -0.1) is 0 Å². The average Bonchev–Trinajstić information content (AvgIpc) is 2.29. The third-order valence-corrected chi connectivity index (χ3v) is 2.57. The summed E-state index contributed by atoms with van der Waals surface area (Å²) in [6, 6.07) is 7.38. The summed E-state index contributed by atoms with van der Waals surface area (Å²) in [4.78, 5) is 15.5. The summed E-state index contributed by atoms with van der Waals surface area (Å²) in [5.74, 6) is -0.107. The molecule has 0 fully saturated rings. The maximum atomic E-state index is 11.6. The van der Waals surface area contributed by atoms with Gasteiger partial charge >= 0.3 is 5.63 Å². The topological polar surface area (TPSA) is 63.3 Å². The molecule has 2 rings (SSSR count). The number of benzene rings is 1. The molecule has 0 aliphatic rings. The van der Waals surface area contributed by atoms with Crippen LogP contribution in [0, 0.1) is 6.92 Å². The van der Waals surface area contributed by atoms with Crippen molar-refractivity contribution in [2.75, 3.05) is 0 Å². The molecular formula is C13H13NO3. The maximum absolute atomic E-state index is 11.6. The van der Waals surface area contributed by atoms with Gasteiger partial charge in [-0.3, -0.25) is 0 Å². The van der Waals surface area contributed by atoms with Crippen LogP contribution in [0.25, 0.3) is 11.5 Å². The Kier molecular flexibility index (Phi) is 2.95. The van der Waals surface area contributed by atoms with Crippen LogP contribution in [0.15, 0.2) is 33.5 Å². The van der Waals surface area contributed by atoms with Crippen LogP contribution in [0.3, 0.4) is 0 Å². The first-order valence-corrected chi connectivity index (χ1v) is 5.42. The fraction of sp³-hybridized carbons (Fsp3) is 0.231. The molecule has 0 atom stereocenters. The molecule has 0 bridgehead atoms. The van der Waals surface area contributed by atoms with Gasteiger partial charge in [-0.05, 0) is 25.5 Å². The highest BCUT2D eigenvalue weighted by molar-refractivity contribution is 5.54. The van der Waals surface area contributed by atoms with Gasteiger partial charge in [-0.2, -0.15) is 4.98 Å². The number of hydrogen-bond donors (Lipinski definition) is 1. The van der Waals surface area contributed by atoms with E-state index in [0.29, 0.717) is 12.0 Å². The van der Waals surface area contributed by atoms with Gasteiger partial charge in [0.2, 0.25) is 11.8 Å². The Bertz CT molecular complexity index is 585. The number of nitrogens with zero attached hydrogens (tertiary/aromatic N) is 1. The third-order valence-electron chi connectivity index (χ3n) is 2.57. The number of aromatic nitrogens is 1. The van der Waals surface area contributed by atoms with Crippen molar-refractivity contribution in [2.45, 2.75) is 20.3 Å². The van der Waals surface area contributed by atoms with Gasteiger partial charge in [0.1, 0.15) is 0 Å². The minimum Gasteiger partial charge on any atom is -0.493 e. The first-order chi connectivity index (χ1) is 8.11. The summed E-state index contributed by atoms with van der Waals surface area (Å²) in [6.45, 7) is 3.73. The zero-order valence-corrected chi connectivity index (χ0v) is 9.73. The summed E-state index contributed by atoms with van der Waals surface area (Å²) in [7, 11) is 0. The number of hydrogen-bond acceptors (Lipinski definition) is 4. The Morgan fingerprint density at radius 3 is 2.47 bits per heavy atom. The minimum atomic E-state index is -0.532. The first-order valence-electron chi connectivity index (χ1n) is 5.42. The van der Waals surface area contributed by atoms with E-state index in [2.05, 4.69) is 4.98 Å². The second kappa shape index (κ2) is 4.41. The van der Waals surface area contributed by atoms with Crippen LogP contribution >= 0.6 is 0 Å². The molecule has 17 heavy (non-hydrogen) atoms. The highest BCUT2D eigenvalue weighted by atomic mass is 16.4. The van der Waals surface area contributed by atoms with Gasteiger partial charge in [0.05, 0.1) is 5.56 Å². The molecular weight excluding hydrogens is 218 g/mol. The average molecular weight is 231 g/mol. The van der Waals surface area contributed by atoms with Crippen molar-refractivity contribution in [1.29, 1.82) is 0 Å². The van der Waals surface area contributed by atoms with Gasteiger partial charge in [-0.25, -0.2) is 4.79 Å². The maximum Gasteiger partial charge on any atom is 0.346 e. The second-order valence-corrected chi connectivity index (χ2v) is 3.83. The smallest absolute Gasteiger partial charge is 0.346 e. The van der Waals surface area contributed by atoms with Crippen LogP contribution in [0.1, 0.15) is 18.1 Å². The summed E-state index contributed by atoms with van der Waals surface area (Å²) < 4.78 is 5.08. The highest BCUT2D eigenvalue weighted by Gasteiger charge is 2.12. The fourth-order valence-electron chi connectivity index (χ4n) is 1.55. The van der Waals surface area contributed by atoms with Crippen molar-refractivity contribution >= 4 is 0 Å². The molecule has 0 spiro atoms. The normalized spacial score (nSPS) is 10.5. The molecule has 4 nitrogen and oxygen atoms in total. The molecule has 1 heterocycles. The van der Waals surface area contributed by atoms with Gasteiger partial charge in [-0.1, -0.05) is 24.6 Å². The van der Waals surface area contributed by atoms with E-state index in [1.807, 2.05) is 19.1 Å². The minimum absolute atomic E-state index is 0.143. The van der Waals surface area contributed by atoms with Crippen LogP contribution in [0.4, 0.5) is 0 Å². The van der Waals surface area contributed by atoms with Crippen LogP contribution in [-0.4, -0.2) is 10.1 Å². The van der Waals surface area contributed by atoms with Crippen molar-refractivity contribution in [3.05, 3.63) is 45.8 Å². The van der Waals surface area contributed by atoms with E-state index in [1.54, 1.807) is 19.1 Å². The molecule has 4 heteroatoms. The van der Waals surface area contributed by atoms with Gasteiger partial charge in [0.25, 0.3) is 0 Å². The molecule has 0 unspecified atom stereocenters. The van der Waals surface area contributed by atoms with E-state index >= 15 is 0 Å². The van der Waals surface area contributed by atoms with E-state index in [4.69, 9.17) is 4.42 Å². The Balaban J connectivity index is 2.54. The number of aryl methyl sites for hydroxylation is 1. The Morgan fingerprint density at radius 1 is 1.29 bits per heavy atom. The lowest BCUT2D eigenvalue weighted by Crippen LogP contribution is -2.08. The molecule has 0 saturated heterocycles. The van der Waals surface area contributed by atoms with Crippen LogP contribution in [0.2, 0.25) is 0 Å². The van der Waals surface area contributed by atoms with E-state index in [1.165, 1.54) is 0 Å². The largest absolute Gasteiger partial charge is 0.493 e. The molecule has 1 aromatic heterocycles. The van der Waals surface area contributed by atoms with Gasteiger partial charge < -0.3 is 9.52 Å². The predicted molar refractivity (Wildman–Crippen MR) is 64.0 cm³/mol. The van der Waals surface area contributed by atoms with Crippen molar-refractivity contribution in [1.82, 2.24) is 4.98 Å². The zero-order valence-electron chi connectivity index (χ0n) is 9.73. The molecule has 0 amide bonds. The lowest BCUT2D eigenvalue weighted by Gasteiger charge is -2.03. The van der Waals surface area contributed by atoms with Crippen LogP contribution in [0.5, 0.6) is 5.88 Å². The summed E-state index contributed by atoms with van der Waals surface area (Å²) in [5, 5.41) is 9.62. The Morgan fingerprint density at radius 2 is 1.94 bits per heavy atom. The molecule has 0 aliphatic carbocycles. The monoisotopic (exact) mass is 231 g/mol. The fourth-order valence-corrected chi connectivity index (χ4v) is 1.55. The Hall–Kier alpha value is -2.10. The van der Waals surface area contributed by atoms with E-state index in [9.17, 15) is 9.90 Å². The van der Waals surface area contributed by atoms with E-state index < -0.39 is 5.63 Å². The number of aromatic hydroxyl groups is 1. The third kappa shape index (κ3) is 2.20. The molecule has 1 aromatic carbocycles. The SMILES string of the molecule is CCc1c(O)nc(-c2ccc(C)cc2)oc1=O. The van der Waals surface area contributed by atoms with Crippen molar-refractivity contribution in [3.8, 4) is 17.3 Å². The highest BCUT2D eigenvalue weighted by Crippen LogP contribution is 2.20. The molecule has 0 radical (unpaired) electrons. The van der Waals surface area contributed by atoms with Crippen LogP contribution < -0.4 is 5.63 Å². The lowest BCUT2D eigenvalue weighted by atomic mass is 10.1. The quantitative estimate of drug-likeness (QED) is 0.861. The number of rotatable bonds is 2. The molecule has 0 saturated carbocycles. The zero-order chi connectivity index (χ0) is 12.4. The van der Waals surface area contributed by atoms with Crippen LogP contribution in [-0.2, 0) is 6.42 Å². The van der Waals surface area contributed by atoms with E-state index in [0.717, 1.165) is 5.56 Å². The summed E-state index contributed by atoms with van der Waals surface area (Å²) in [6.07, 6.45) is 0.398. The van der Waals surface area contributed by atoms with Gasteiger partial charge in [0, 0.05) is 5.56 Å². The van der Waals surface area contributed by atoms with Crippen molar-refractivity contribution in [2.24, 2.45) is 0 Å². The van der Waals surface area contributed by atoms with E-state index in [-0.39, 0.29) is 17.3 Å². The predicted octanol–water partition coefficient (Wildman–Crippen LogP) is 2.28. The Labute approximate surface area is 98.6 Å². The van der Waals surface area contributed by atoms with Gasteiger partial charge in [0.15, 0.2) is 0 Å². The van der Waals surface area contributed by atoms with Crippen molar-refractivity contribution < 1.29 is 9.52 Å². The summed E-state index contributed by atoms with van der Waals surface area (Å²) in [5.41, 5.74) is 1.45. The molecule has 0 aliphatic heterocycles. The first kappa shape index (κ1) is 11.4.